The van der Waals surface area contributed by atoms with E-state index in [1.807, 2.05) is 0 Å². The van der Waals surface area contributed by atoms with Crippen LogP contribution >= 0.6 is 27.3 Å². The number of thiophene rings is 1. The van der Waals surface area contributed by atoms with Crippen molar-refractivity contribution in [1.82, 2.24) is 5.32 Å². The predicted molar refractivity (Wildman–Crippen MR) is 101 cm³/mol. The zero-order chi connectivity index (χ0) is 18.0. The van der Waals surface area contributed by atoms with Crippen molar-refractivity contribution in [3.63, 3.8) is 0 Å². The van der Waals surface area contributed by atoms with Gasteiger partial charge in [-0.2, -0.15) is 0 Å². The summed E-state index contributed by atoms with van der Waals surface area (Å²) >= 11 is 4.60. The number of nitrogens with one attached hydrogen (secondary N) is 2. The van der Waals surface area contributed by atoms with E-state index in [0.717, 1.165) is 31.2 Å². The summed E-state index contributed by atoms with van der Waals surface area (Å²) in [7, 11) is 0. The number of aryl methyl sites for hydroxylation is 1. The molecule has 2 aromatic rings. The Morgan fingerprint density at radius 1 is 1.28 bits per heavy atom. The van der Waals surface area contributed by atoms with Crippen molar-refractivity contribution >= 4 is 44.1 Å². The van der Waals surface area contributed by atoms with Gasteiger partial charge in [-0.15, -0.1) is 11.3 Å². The number of halogens is 2. The second-order valence-corrected chi connectivity index (χ2v) is 7.99. The molecule has 0 fully saturated rings. The van der Waals surface area contributed by atoms with Crippen LogP contribution in [0.25, 0.3) is 0 Å². The number of hydrogen-bond donors (Lipinski definition) is 2. The lowest BCUT2D eigenvalue weighted by Crippen LogP contribution is -2.25. The maximum absolute atomic E-state index is 13.6. The molecule has 0 unspecified atom stereocenters. The second kappa shape index (κ2) is 7.66. The van der Waals surface area contributed by atoms with Crippen LogP contribution in [0.3, 0.4) is 0 Å². The smallest absolute Gasteiger partial charge is 0.254 e. The minimum Gasteiger partial charge on any atom is -0.348 e. The Hall–Kier alpha value is -1.73. The van der Waals surface area contributed by atoms with Gasteiger partial charge in [-0.25, -0.2) is 4.39 Å². The SMILES string of the molecule is CC(=O)Nc1sc2c(c1C(=O)NCc1ccc(Br)c(F)c1)CCCC2. The van der Waals surface area contributed by atoms with E-state index in [9.17, 15) is 14.0 Å². The van der Waals surface area contributed by atoms with Gasteiger partial charge in [0.2, 0.25) is 5.91 Å². The molecule has 25 heavy (non-hydrogen) atoms. The molecule has 2 amide bonds. The molecule has 0 bridgehead atoms. The van der Waals surface area contributed by atoms with Crippen LogP contribution < -0.4 is 10.6 Å². The first-order chi connectivity index (χ1) is 12.0. The predicted octanol–water partition coefficient (Wildman–Crippen LogP) is 4.42. The number of benzene rings is 1. The van der Waals surface area contributed by atoms with Crippen molar-refractivity contribution < 1.29 is 14.0 Å². The lowest BCUT2D eigenvalue weighted by Gasteiger charge is -2.13. The molecule has 4 nitrogen and oxygen atoms in total. The minimum absolute atomic E-state index is 0.192. The summed E-state index contributed by atoms with van der Waals surface area (Å²) in [5.74, 6) is -0.785. The summed E-state index contributed by atoms with van der Waals surface area (Å²) in [5, 5.41) is 6.24. The van der Waals surface area contributed by atoms with E-state index >= 15 is 0 Å². The first-order valence-corrected chi connectivity index (χ1v) is 9.71. The second-order valence-electron chi connectivity index (χ2n) is 6.03. The molecule has 1 heterocycles. The van der Waals surface area contributed by atoms with Gasteiger partial charge in [0.25, 0.3) is 5.91 Å². The fourth-order valence-corrected chi connectivity index (χ4v) is 4.55. The van der Waals surface area contributed by atoms with Gasteiger partial charge in [0.15, 0.2) is 0 Å². The number of carbonyl (C=O) groups excluding carboxylic acids is 2. The average molecular weight is 425 g/mol. The van der Waals surface area contributed by atoms with E-state index in [1.165, 1.54) is 29.2 Å². The van der Waals surface area contributed by atoms with Crippen LogP contribution in [0.1, 0.15) is 46.1 Å². The molecule has 1 aromatic carbocycles. The van der Waals surface area contributed by atoms with Crippen molar-refractivity contribution in [1.29, 1.82) is 0 Å². The van der Waals surface area contributed by atoms with E-state index in [2.05, 4.69) is 26.6 Å². The summed E-state index contributed by atoms with van der Waals surface area (Å²) in [6.45, 7) is 1.66. The van der Waals surface area contributed by atoms with Crippen molar-refractivity contribution in [2.45, 2.75) is 39.2 Å². The molecule has 0 atom stereocenters. The van der Waals surface area contributed by atoms with Crippen LogP contribution in [0.15, 0.2) is 22.7 Å². The Bertz CT molecular complexity index is 835. The monoisotopic (exact) mass is 424 g/mol. The molecule has 1 aliphatic rings. The molecule has 2 N–H and O–H groups in total. The van der Waals surface area contributed by atoms with Crippen LogP contribution in [0.5, 0.6) is 0 Å². The van der Waals surface area contributed by atoms with E-state index in [0.29, 0.717) is 20.6 Å². The van der Waals surface area contributed by atoms with E-state index in [1.54, 1.807) is 12.1 Å². The Morgan fingerprint density at radius 2 is 2.04 bits per heavy atom. The number of anilines is 1. The van der Waals surface area contributed by atoms with Gasteiger partial charge in [0.1, 0.15) is 10.8 Å². The van der Waals surface area contributed by atoms with Gasteiger partial charge in [0, 0.05) is 18.3 Å². The lowest BCUT2D eigenvalue weighted by molar-refractivity contribution is -0.114. The highest BCUT2D eigenvalue weighted by Crippen LogP contribution is 2.38. The van der Waals surface area contributed by atoms with Crippen LogP contribution in [0, 0.1) is 5.82 Å². The highest BCUT2D eigenvalue weighted by Gasteiger charge is 2.25. The highest BCUT2D eigenvalue weighted by atomic mass is 79.9. The summed E-state index contributed by atoms with van der Waals surface area (Å²) in [6.07, 6.45) is 3.94. The summed E-state index contributed by atoms with van der Waals surface area (Å²) in [4.78, 5) is 25.4. The molecular weight excluding hydrogens is 407 g/mol. The molecule has 1 aliphatic carbocycles. The maximum Gasteiger partial charge on any atom is 0.254 e. The number of carbonyl (C=O) groups is 2. The van der Waals surface area contributed by atoms with Crippen molar-refractivity contribution in [2.24, 2.45) is 0 Å². The topological polar surface area (TPSA) is 58.2 Å². The number of amides is 2. The zero-order valence-corrected chi connectivity index (χ0v) is 16.2. The van der Waals surface area contributed by atoms with E-state index in [4.69, 9.17) is 0 Å². The fraction of sp³-hybridized carbons (Fsp3) is 0.333. The number of rotatable bonds is 4. The van der Waals surface area contributed by atoms with Gasteiger partial charge < -0.3 is 10.6 Å². The molecule has 1 aromatic heterocycles. The number of hydrogen-bond acceptors (Lipinski definition) is 3. The molecule has 0 saturated heterocycles. The van der Waals surface area contributed by atoms with E-state index in [-0.39, 0.29) is 24.2 Å². The van der Waals surface area contributed by atoms with Gasteiger partial charge in [-0.1, -0.05) is 6.07 Å². The first-order valence-electron chi connectivity index (χ1n) is 8.10. The molecule has 0 spiro atoms. The Labute approximate surface area is 157 Å². The van der Waals surface area contributed by atoms with Crippen LogP contribution in [-0.2, 0) is 24.2 Å². The summed E-state index contributed by atoms with van der Waals surface area (Å²) in [6, 6.07) is 4.76. The standard InChI is InChI=1S/C18H18BrFN2O2S/c1-10(23)22-18-16(12-4-2-3-5-15(12)25-18)17(24)21-9-11-6-7-13(19)14(20)8-11/h6-8H,2-5,9H2,1H3,(H,21,24)(H,22,23). The Balaban J connectivity index is 1.81. The average Bonchev–Trinajstić information content (AvgIpc) is 2.92. The molecule has 0 saturated carbocycles. The maximum atomic E-state index is 13.6. The Morgan fingerprint density at radius 3 is 2.76 bits per heavy atom. The van der Waals surface area contributed by atoms with Crippen molar-refractivity contribution in [3.8, 4) is 0 Å². The fourth-order valence-electron chi connectivity index (χ4n) is 2.97. The van der Waals surface area contributed by atoms with Gasteiger partial charge in [0.05, 0.1) is 10.0 Å². The van der Waals surface area contributed by atoms with Gasteiger partial charge in [-0.3, -0.25) is 9.59 Å². The largest absolute Gasteiger partial charge is 0.348 e. The lowest BCUT2D eigenvalue weighted by atomic mass is 9.95. The molecule has 0 radical (unpaired) electrons. The summed E-state index contributed by atoms with van der Waals surface area (Å²) in [5.41, 5.74) is 2.28. The molecule has 7 heteroatoms. The molecule has 132 valence electrons. The third-order valence-electron chi connectivity index (χ3n) is 4.13. The normalized spacial score (nSPS) is 13.2. The van der Waals surface area contributed by atoms with Crippen molar-refractivity contribution in [3.05, 3.63) is 50.1 Å². The van der Waals surface area contributed by atoms with E-state index < -0.39 is 0 Å². The van der Waals surface area contributed by atoms with Crippen molar-refractivity contribution in [2.75, 3.05) is 5.32 Å². The molecule has 0 aliphatic heterocycles. The van der Waals surface area contributed by atoms with Gasteiger partial charge >= 0.3 is 0 Å². The Kier molecular flexibility index (Phi) is 5.54. The molecule has 3 rings (SSSR count). The third-order valence-corrected chi connectivity index (χ3v) is 5.98. The van der Waals surface area contributed by atoms with Crippen LogP contribution in [-0.4, -0.2) is 11.8 Å². The van der Waals surface area contributed by atoms with Crippen LogP contribution in [0.2, 0.25) is 0 Å². The summed E-state index contributed by atoms with van der Waals surface area (Å²) < 4.78 is 14.0. The van der Waals surface area contributed by atoms with Crippen LogP contribution in [0.4, 0.5) is 9.39 Å². The first kappa shape index (κ1) is 18.1. The molecular formula is C18H18BrFN2O2S. The minimum atomic E-state index is -0.362. The van der Waals surface area contributed by atoms with Gasteiger partial charge in [-0.05, 0) is 64.9 Å². The highest BCUT2D eigenvalue weighted by molar-refractivity contribution is 9.10. The quantitative estimate of drug-likeness (QED) is 0.762. The number of fused-ring (bicyclic) bond motifs is 1. The third kappa shape index (κ3) is 4.10. The zero-order valence-electron chi connectivity index (χ0n) is 13.7.